The van der Waals surface area contributed by atoms with Crippen LogP contribution in [0.25, 0.3) is 10.8 Å². The summed E-state index contributed by atoms with van der Waals surface area (Å²) in [5.41, 5.74) is 4.00. The highest BCUT2D eigenvalue weighted by atomic mass is 35.5. The first-order valence-electron chi connectivity index (χ1n) is 8.16. The van der Waals surface area contributed by atoms with Crippen LogP contribution >= 0.6 is 11.6 Å². The van der Waals surface area contributed by atoms with Crippen LogP contribution in [0.5, 0.6) is 0 Å². The maximum absolute atomic E-state index is 12.9. The van der Waals surface area contributed by atoms with Crippen LogP contribution in [0.15, 0.2) is 29.3 Å². The van der Waals surface area contributed by atoms with Gasteiger partial charge in [-0.2, -0.15) is 0 Å². The highest BCUT2D eigenvalue weighted by Gasteiger charge is 2.31. The molecule has 0 saturated carbocycles. The van der Waals surface area contributed by atoms with E-state index in [0.717, 1.165) is 47.8 Å². The molecule has 0 radical (unpaired) electrons. The molecule has 2 heterocycles. The van der Waals surface area contributed by atoms with Gasteiger partial charge in [0.15, 0.2) is 0 Å². The van der Waals surface area contributed by atoms with E-state index in [1.54, 1.807) is 0 Å². The first-order chi connectivity index (χ1) is 11.2. The lowest BCUT2D eigenvalue weighted by atomic mass is 9.97. The van der Waals surface area contributed by atoms with E-state index in [9.17, 15) is 4.79 Å². The molecule has 4 rings (SSSR count). The summed E-state index contributed by atoms with van der Waals surface area (Å²) in [6.07, 6.45) is 4.87. The van der Waals surface area contributed by atoms with Gasteiger partial charge in [0.1, 0.15) is 0 Å². The minimum Gasteiger partial charge on any atom is -0.331 e. The van der Waals surface area contributed by atoms with E-state index in [2.05, 4.69) is 24.0 Å². The molecule has 23 heavy (non-hydrogen) atoms. The van der Waals surface area contributed by atoms with Crippen molar-refractivity contribution in [2.45, 2.75) is 32.2 Å². The van der Waals surface area contributed by atoms with Crippen LogP contribution in [-0.4, -0.2) is 35.5 Å². The van der Waals surface area contributed by atoms with Crippen molar-refractivity contribution in [1.29, 1.82) is 0 Å². The monoisotopic (exact) mass is 326 g/mol. The molecule has 0 aliphatic carbocycles. The Morgan fingerprint density at radius 3 is 2.91 bits per heavy atom. The van der Waals surface area contributed by atoms with E-state index in [0.29, 0.717) is 5.88 Å². The van der Waals surface area contributed by atoms with Gasteiger partial charge >= 0.3 is 0 Å². The number of rotatable bonds is 2. The molecule has 0 spiro atoms. The third kappa shape index (κ3) is 2.43. The number of aliphatic imine (C=N–C) groups is 1. The highest BCUT2D eigenvalue weighted by molar-refractivity contribution is 6.18. The van der Waals surface area contributed by atoms with Crippen LogP contribution in [-0.2, 0) is 6.42 Å². The Hall–Kier alpha value is -1.87. The number of halogens is 1. The molecule has 1 saturated heterocycles. The molecular weight excluding hydrogens is 308 g/mol. The summed E-state index contributed by atoms with van der Waals surface area (Å²) in [5.74, 6) is 0.719. The molecule has 0 bridgehead atoms. The number of hydrogen-bond acceptors (Lipinski definition) is 2. The van der Waals surface area contributed by atoms with Crippen molar-refractivity contribution in [3.63, 3.8) is 0 Å². The zero-order valence-corrected chi connectivity index (χ0v) is 13.9. The van der Waals surface area contributed by atoms with E-state index in [1.165, 1.54) is 11.1 Å². The summed E-state index contributed by atoms with van der Waals surface area (Å²) >= 11 is 5.90. The molecule has 2 aliphatic rings. The van der Waals surface area contributed by atoms with Gasteiger partial charge in [0.2, 0.25) is 0 Å². The van der Waals surface area contributed by atoms with Crippen molar-refractivity contribution in [3.8, 4) is 0 Å². The molecule has 4 heteroatoms. The zero-order valence-electron chi connectivity index (χ0n) is 13.2. The van der Waals surface area contributed by atoms with Crippen molar-refractivity contribution in [2.24, 2.45) is 4.99 Å². The quantitative estimate of drug-likeness (QED) is 0.759. The molecule has 2 aliphatic heterocycles. The summed E-state index contributed by atoms with van der Waals surface area (Å²) in [6.45, 7) is 2.94. The fourth-order valence-corrected chi connectivity index (χ4v) is 3.87. The number of amides is 1. The number of aryl methyl sites for hydroxylation is 2. The van der Waals surface area contributed by atoms with Crippen molar-refractivity contribution < 1.29 is 4.79 Å². The van der Waals surface area contributed by atoms with Gasteiger partial charge < -0.3 is 4.90 Å². The third-order valence-electron chi connectivity index (χ3n) is 4.95. The molecule has 2 aromatic carbocycles. The summed E-state index contributed by atoms with van der Waals surface area (Å²) < 4.78 is 0. The van der Waals surface area contributed by atoms with Gasteiger partial charge in [-0.05, 0) is 60.2 Å². The molecule has 118 valence electrons. The Labute approximate surface area is 141 Å². The molecule has 2 aromatic rings. The standard InChI is InChI=1S/C19H19ClN2O/c1-12-7-14-10-18-17(9-15(14)8-13(12)4-5-20)19(23)22-6-2-3-16(22)11-21-18/h7-11,16H,2-6H2,1H3. The largest absolute Gasteiger partial charge is 0.331 e. The lowest BCUT2D eigenvalue weighted by Gasteiger charge is -2.20. The van der Waals surface area contributed by atoms with E-state index < -0.39 is 0 Å². The van der Waals surface area contributed by atoms with E-state index in [-0.39, 0.29) is 11.9 Å². The van der Waals surface area contributed by atoms with E-state index >= 15 is 0 Å². The van der Waals surface area contributed by atoms with Crippen molar-refractivity contribution in [3.05, 3.63) is 41.0 Å². The highest BCUT2D eigenvalue weighted by Crippen LogP contribution is 2.33. The first-order valence-corrected chi connectivity index (χ1v) is 8.69. The van der Waals surface area contributed by atoms with Gasteiger partial charge in [-0.15, -0.1) is 11.6 Å². The maximum atomic E-state index is 12.9. The number of fused-ring (bicyclic) bond motifs is 3. The lowest BCUT2D eigenvalue weighted by Crippen LogP contribution is -2.35. The number of carbonyl (C=O) groups excluding carboxylic acids is 1. The molecule has 0 aromatic heterocycles. The Bertz CT molecular complexity index is 828. The second-order valence-electron chi connectivity index (χ2n) is 6.42. The van der Waals surface area contributed by atoms with Crippen LogP contribution in [0.4, 0.5) is 5.69 Å². The molecule has 1 amide bonds. The van der Waals surface area contributed by atoms with Gasteiger partial charge in [0.05, 0.1) is 17.3 Å². The zero-order chi connectivity index (χ0) is 16.0. The molecular formula is C19H19ClN2O. The Kier molecular flexibility index (Phi) is 3.61. The molecule has 1 unspecified atom stereocenters. The van der Waals surface area contributed by atoms with Crippen molar-refractivity contribution in [2.75, 3.05) is 12.4 Å². The second kappa shape index (κ2) is 5.64. The average Bonchev–Trinajstić information content (AvgIpc) is 2.96. The Morgan fingerprint density at radius 2 is 2.09 bits per heavy atom. The smallest absolute Gasteiger partial charge is 0.256 e. The Morgan fingerprint density at radius 1 is 1.26 bits per heavy atom. The SMILES string of the molecule is Cc1cc2cc3c(cc2cc1CCCl)C(=O)N1CCCC1C=N3. The van der Waals surface area contributed by atoms with Gasteiger partial charge in [-0.3, -0.25) is 9.79 Å². The minimum absolute atomic E-state index is 0.112. The molecule has 0 N–H and O–H groups in total. The minimum atomic E-state index is 0.112. The van der Waals surface area contributed by atoms with Gasteiger partial charge in [-0.1, -0.05) is 12.1 Å². The number of alkyl halides is 1. The van der Waals surface area contributed by atoms with Crippen LogP contribution in [0, 0.1) is 6.92 Å². The number of carbonyl (C=O) groups is 1. The third-order valence-corrected chi connectivity index (χ3v) is 5.14. The van der Waals surface area contributed by atoms with Gasteiger partial charge in [0, 0.05) is 18.6 Å². The van der Waals surface area contributed by atoms with Crippen molar-refractivity contribution in [1.82, 2.24) is 4.90 Å². The summed E-state index contributed by atoms with van der Waals surface area (Å²) in [4.78, 5) is 19.4. The lowest BCUT2D eigenvalue weighted by molar-refractivity contribution is 0.0775. The van der Waals surface area contributed by atoms with Crippen LogP contribution in [0.2, 0.25) is 0 Å². The van der Waals surface area contributed by atoms with Crippen molar-refractivity contribution >= 4 is 40.2 Å². The topological polar surface area (TPSA) is 32.7 Å². The fourth-order valence-electron chi connectivity index (χ4n) is 3.67. The molecule has 1 atom stereocenters. The predicted octanol–water partition coefficient (Wildman–Crippen LogP) is 4.25. The Balaban J connectivity index is 1.88. The second-order valence-corrected chi connectivity index (χ2v) is 6.80. The predicted molar refractivity (Wildman–Crippen MR) is 95.3 cm³/mol. The maximum Gasteiger partial charge on any atom is 0.256 e. The number of nitrogens with zero attached hydrogens (tertiary/aromatic N) is 2. The van der Waals surface area contributed by atoms with Crippen LogP contribution in [0.1, 0.15) is 34.3 Å². The molecule has 1 fully saturated rings. The van der Waals surface area contributed by atoms with E-state index in [4.69, 9.17) is 11.6 Å². The van der Waals surface area contributed by atoms with Crippen LogP contribution < -0.4 is 0 Å². The summed E-state index contributed by atoms with van der Waals surface area (Å²) in [5, 5.41) is 2.22. The van der Waals surface area contributed by atoms with Crippen LogP contribution in [0.3, 0.4) is 0 Å². The fraction of sp³-hybridized carbons (Fsp3) is 0.368. The number of benzene rings is 2. The average molecular weight is 327 g/mol. The van der Waals surface area contributed by atoms with Gasteiger partial charge in [0.25, 0.3) is 5.91 Å². The van der Waals surface area contributed by atoms with Gasteiger partial charge in [-0.25, -0.2) is 0 Å². The van der Waals surface area contributed by atoms with E-state index in [1.807, 2.05) is 23.2 Å². The first kappa shape index (κ1) is 14.7. The molecule has 3 nitrogen and oxygen atoms in total. The number of hydrogen-bond donors (Lipinski definition) is 0. The summed E-state index contributed by atoms with van der Waals surface area (Å²) in [7, 11) is 0. The summed E-state index contributed by atoms with van der Waals surface area (Å²) in [6, 6.07) is 8.53. The normalized spacial score (nSPS) is 19.8.